The number of fused-ring (bicyclic) bond motifs is 1. The Morgan fingerprint density at radius 3 is 2.52 bits per heavy atom. The van der Waals surface area contributed by atoms with Crippen molar-refractivity contribution in [2.75, 3.05) is 10.2 Å². The van der Waals surface area contributed by atoms with Gasteiger partial charge < -0.3 is 9.73 Å². The first-order chi connectivity index (χ1) is 11.2. The van der Waals surface area contributed by atoms with E-state index in [1.165, 1.54) is 0 Å². The van der Waals surface area contributed by atoms with Crippen molar-refractivity contribution in [2.24, 2.45) is 0 Å². The van der Waals surface area contributed by atoms with Gasteiger partial charge in [-0.25, -0.2) is 0 Å². The molecule has 0 saturated heterocycles. The Morgan fingerprint density at radius 1 is 1.00 bits per heavy atom. The van der Waals surface area contributed by atoms with E-state index in [2.05, 4.69) is 5.32 Å². The first-order valence-corrected chi connectivity index (χ1v) is 7.53. The minimum absolute atomic E-state index is 0.0374. The lowest BCUT2D eigenvalue weighted by atomic mass is 10.1. The molecule has 1 aliphatic rings. The molecule has 0 radical (unpaired) electrons. The summed E-state index contributed by atoms with van der Waals surface area (Å²) in [7, 11) is 0. The molecule has 0 aliphatic carbocycles. The van der Waals surface area contributed by atoms with E-state index in [9.17, 15) is 4.79 Å². The third kappa shape index (κ3) is 2.28. The summed E-state index contributed by atoms with van der Waals surface area (Å²) in [4.78, 5) is 14.8. The summed E-state index contributed by atoms with van der Waals surface area (Å²) < 4.78 is 5.56. The molecule has 0 fully saturated rings. The highest BCUT2D eigenvalue weighted by atomic mass is 16.3. The maximum atomic E-state index is 13.1. The zero-order valence-electron chi connectivity index (χ0n) is 12.7. The van der Waals surface area contributed by atoms with Crippen LogP contribution in [0, 0.1) is 6.92 Å². The monoisotopic (exact) mass is 304 g/mol. The molecule has 0 spiro atoms. The molecular formula is C19H16N2O2. The average molecular weight is 304 g/mol. The van der Waals surface area contributed by atoms with Crippen LogP contribution in [0.15, 0.2) is 71.3 Å². The highest BCUT2D eigenvalue weighted by Gasteiger charge is 2.35. The van der Waals surface area contributed by atoms with Crippen LogP contribution in [0.2, 0.25) is 0 Å². The number of furan rings is 1. The maximum absolute atomic E-state index is 13.1. The van der Waals surface area contributed by atoms with Crippen molar-refractivity contribution in [3.05, 3.63) is 83.8 Å². The zero-order chi connectivity index (χ0) is 15.8. The molecular weight excluding hydrogens is 288 g/mol. The number of nitrogens with zero attached hydrogens (tertiary/aromatic N) is 1. The van der Waals surface area contributed by atoms with Gasteiger partial charge in [-0.05, 0) is 43.3 Å². The van der Waals surface area contributed by atoms with Crippen LogP contribution >= 0.6 is 0 Å². The zero-order valence-corrected chi connectivity index (χ0v) is 12.7. The summed E-state index contributed by atoms with van der Waals surface area (Å²) in [6.07, 6.45) is 1.25. The van der Waals surface area contributed by atoms with Crippen LogP contribution in [0.3, 0.4) is 0 Å². The minimum atomic E-state index is -0.366. The molecule has 0 bridgehead atoms. The number of carbonyl (C=O) groups excluding carboxylic acids is 1. The smallest absolute Gasteiger partial charge is 0.262 e. The first kappa shape index (κ1) is 13.6. The van der Waals surface area contributed by atoms with E-state index in [4.69, 9.17) is 4.42 Å². The van der Waals surface area contributed by atoms with Gasteiger partial charge in [0.25, 0.3) is 5.91 Å². The van der Waals surface area contributed by atoms with Gasteiger partial charge in [0, 0.05) is 11.4 Å². The van der Waals surface area contributed by atoms with E-state index in [0.717, 1.165) is 16.9 Å². The molecule has 0 unspecified atom stereocenters. The van der Waals surface area contributed by atoms with Crippen LogP contribution in [0.5, 0.6) is 0 Å². The topological polar surface area (TPSA) is 45.5 Å². The molecule has 114 valence electrons. The SMILES string of the molecule is Cc1ccc(N2C(=O)c3ccccc3N[C@H]2c2ccco2)cc1. The summed E-state index contributed by atoms with van der Waals surface area (Å²) in [5, 5.41) is 3.40. The van der Waals surface area contributed by atoms with Crippen LogP contribution in [0.1, 0.15) is 27.8 Å². The fraction of sp³-hybridized carbons (Fsp3) is 0.105. The summed E-state index contributed by atoms with van der Waals surface area (Å²) in [5.74, 6) is 0.665. The second kappa shape index (κ2) is 5.32. The predicted molar refractivity (Wildman–Crippen MR) is 89.5 cm³/mol. The van der Waals surface area contributed by atoms with E-state index in [-0.39, 0.29) is 12.1 Å². The van der Waals surface area contributed by atoms with Crippen molar-refractivity contribution in [1.29, 1.82) is 0 Å². The number of carbonyl (C=O) groups is 1. The lowest BCUT2D eigenvalue weighted by molar-refractivity contribution is 0.0972. The number of aryl methyl sites for hydroxylation is 1. The highest BCUT2D eigenvalue weighted by Crippen LogP contribution is 2.36. The van der Waals surface area contributed by atoms with E-state index in [0.29, 0.717) is 11.3 Å². The molecule has 2 heterocycles. The second-order valence-electron chi connectivity index (χ2n) is 5.62. The number of rotatable bonds is 2. The molecule has 4 rings (SSSR count). The first-order valence-electron chi connectivity index (χ1n) is 7.53. The van der Waals surface area contributed by atoms with Crippen LogP contribution < -0.4 is 10.2 Å². The number of anilines is 2. The Kier molecular flexibility index (Phi) is 3.15. The number of benzene rings is 2. The van der Waals surface area contributed by atoms with Crippen molar-refractivity contribution in [2.45, 2.75) is 13.1 Å². The van der Waals surface area contributed by atoms with Gasteiger partial charge in [0.15, 0.2) is 6.17 Å². The predicted octanol–water partition coefficient (Wildman–Crippen LogP) is 4.36. The molecule has 1 amide bonds. The second-order valence-corrected chi connectivity index (χ2v) is 5.62. The average Bonchev–Trinajstić information content (AvgIpc) is 3.10. The van der Waals surface area contributed by atoms with Gasteiger partial charge in [0.1, 0.15) is 5.76 Å². The summed E-state index contributed by atoms with van der Waals surface area (Å²) in [5.41, 5.74) is 3.48. The van der Waals surface area contributed by atoms with Crippen molar-refractivity contribution in [3.8, 4) is 0 Å². The fourth-order valence-electron chi connectivity index (χ4n) is 2.87. The van der Waals surface area contributed by atoms with Gasteiger partial charge >= 0.3 is 0 Å². The van der Waals surface area contributed by atoms with Gasteiger partial charge in [0.2, 0.25) is 0 Å². The number of hydrogen-bond donors (Lipinski definition) is 1. The van der Waals surface area contributed by atoms with Gasteiger partial charge in [-0.2, -0.15) is 0 Å². The molecule has 0 saturated carbocycles. The minimum Gasteiger partial charge on any atom is -0.465 e. The number of hydrogen-bond acceptors (Lipinski definition) is 3. The summed E-state index contributed by atoms with van der Waals surface area (Å²) in [6, 6.07) is 19.2. The fourth-order valence-corrected chi connectivity index (χ4v) is 2.87. The van der Waals surface area contributed by atoms with Crippen LogP contribution in [-0.2, 0) is 0 Å². The molecule has 3 aromatic rings. The number of nitrogens with one attached hydrogen (secondary N) is 1. The molecule has 1 atom stereocenters. The Bertz CT molecular complexity index is 838. The van der Waals surface area contributed by atoms with E-state index in [1.54, 1.807) is 11.2 Å². The van der Waals surface area contributed by atoms with Crippen molar-refractivity contribution < 1.29 is 9.21 Å². The standard InChI is InChI=1S/C19H16N2O2/c1-13-8-10-14(11-9-13)21-18(17-7-4-12-23-17)20-16-6-3-2-5-15(16)19(21)22/h2-12,18,20H,1H3/t18-/m1/s1. The maximum Gasteiger partial charge on any atom is 0.262 e. The van der Waals surface area contributed by atoms with Gasteiger partial charge in [-0.3, -0.25) is 9.69 Å². The van der Waals surface area contributed by atoms with E-state index in [1.807, 2.05) is 67.6 Å². The molecule has 1 N–H and O–H groups in total. The Balaban J connectivity index is 1.85. The van der Waals surface area contributed by atoms with Crippen LogP contribution in [-0.4, -0.2) is 5.91 Å². The lowest BCUT2D eigenvalue weighted by Gasteiger charge is -2.36. The van der Waals surface area contributed by atoms with Gasteiger partial charge in [-0.15, -0.1) is 0 Å². The van der Waals surface area contributed by atoms with E-state index < -0.39 is 0 Å². The normalized spacial score (nSPS) is 16.8. The number of para-hydroxylation sites is 1. The Hall–Kier alpha value is -3.01. The van der Waals surface area contributed by atoms with Gasteiger partial charge in [-0.1, -0.05) is 29.8 Å². The molecule has 1 aromatic heterocycles. The summed E-state index contributed by atoms with van der Waals surface area (Å²) >= 11 is 0. The highest BCUT2D eigenvalue weighted by molar-refractivity contribution is 6.12. The third-order valence-corrected chi connectivity index (χ3v) is 4.05. The van der Waals surface area contributed by atoms with Crippen molar-refractivity contribution >= 4 is 17.3 Å². The Morgan fingerprint density at radius 2 is 1.78 bits per heavy atom. The summed E-state index contributed by atoms with van der Waals surface area (Å²) in [6.45, 7) is 2.03. The molecule has 23 heavy (non-hydrogen) atoms. The molecule has 4 heteroatoms. The largest absolute Gasteiger partial charge is 0.465 e. The van der Waals surface area contributed by atoms with Gasteiger partial charge in [0.05, 0.1) is 11.8 Å². The molecule has 1 aliphatic heterocycles. The van der Waals surface area contributed by atoms with Crippen LogP contribution in [0.25, 0.3) is 0 Å². The number of amides is 1. The quantitative estimate of drug-likeness (QED) is 0.765. The lowest BCUT2D eigenvalue weighted by Crippen LogP contribution is -2.43. The van der Waals surface area contributed by atoms with Crippen molar-refractivity contribution in [1.82, 2.24) is 0 Å². The molecule has 4 nitrogen and oxygen atoms in total. The Labute approximate surface area is 134 Å². The van der Waals surface area contributed by atoms with Crippen LogP contribution in [0.4, 0.5) is 11.4 Å². The van der Waals surface area contributed by atoms with Crippen molar-refractivity contribution in [3.63, 3.8) is 0 Å². The third-order valence-electron chi connectivity index (χ3n) is 4.05. The van der Waals surface area contributed by atoms with E-state index >= 15 is 0 Å². The molecule has 2 aromatic carbocycles.